The molecule has 1 aliphatic rings. The minimum atomic E-state index is -2.76. The fourth-order valence-electron chi connectivity index (χ4n) is 1.53. The molecule has 0 unspecified atom stereocenters. The lowest BCUT2D eigenvalue weighted by Gasteiger charge is -2.24. The fourth-order valence-corrected chi connectivity index (χ4v) is 1.53. The highest BCUT2D eigenvalue weighted by Gasteiger charge is 2.30. The summed E-state index contributed by atoms with van der Waals surface area (Å²) >= 11 is 0. The van der Waals surface area contributed by atoms with Crippen LogP contribution in [0.2, 0.25) is 0 Å². The van der Waals surface area contributed by atoms with Crippen LogP contribution in [0.3, 0.4) is 0 Å². The summed E-state index contributed by atoms with van der Waals surface area (Å²) < 4.78 is 26.0. The van der Waals surface area contributed by atoms with Crippen molar-refractivity contribution < 1.29 is 8.78 Å². The van der Waals surface area contributed by atoms with Gasteiger partial charge in [-0.3, -0.25) is 0 Å². The highest BCUT2D eigenvalue weighted by atomic mass is 19.3. The lowest BCUT2D eigenvalue weighted by molar-refractivity contribution is 0.0419. The van der Waals surface area contributed by atoms with E-state index in [9.17, 15) is 8.78 Å². The van der Waals surface area contributed by atoms with Gasteiger partial charge in [0.15, 0.2) is 0 Å². The van der Waals surface area contributed by atoms with Crippen LogP contribution in [0.15, 0.2) is 0 Å². The van der Waals surface area contributed by atoms with Crippen molar-refractivity contribution in [2.45, 2.75) is 51.9 Å². The molecule has 0 aromatic rings. The maximum atomic E-state index is 13.0. The minimum absolute atomic E-state index is 0.0388. The molecular weight excluding hydrogens is 170 g/mol. The van der Waals surface area contributed by atoms with Crippen LogP contribution in [0.5, 0.6) is 0 Å². The van der Waals surface area contributed by atoms with E-state index < -0.39 is 5.92 Å². The number of hydrogen-bond donors (Lipinski definition) is 0. The molecule has 13 heavy (non-hydrogen) atoms. The molecule has 0 saturated heterocycles. The second-order valence-corrected chi connectivity index (χ2v) is 4.52. The zero-order valence-electron chi connectivity index (χ0n) is 8.29. The van der Waals surface area contributed by atoms with Crippen molar-refractivity contribution in [2.24, 2.45) is 5.41 Å². The summed E-state index contributed by atoms with van der Waals surface area (Å²) in [6.07, 6.45) is 3.02. The molecule has 0 nitrogen and oxygen atoms in total. The van der Waals surface area contributed by atoms with Gasteiger partial charge in [-0.1, -0.05) is 19.8 Å². The molecule has 2 heteroatoms. The van der Waals surface area contributed by atoms with Crippen LogP contribution in [0, 0.1) is 17.3 Å². The number of hydrogen-bond acceptors (Lipinski definition) is 0. The van der Waals surface area contributed by atoms with Gasteiger partial charge in [-0.2, -0.15) is 8.78 Å². The Bertz CT molecular complexity index is 230. The van der Waals surface area contributed by atoms with E-state index in [4.69, 9.17) is 0 Å². The predicted octanol–water partition coefficient (Wildman–Crippen LogP) is 3.62. The molecule has 1 rings (SSSR count). The summed E-state index contributed by atoms with van der Waals surface area (Å²) in [5.74, 6) is 1.85. The summed E-state index contributed by atoms with van der Waals surface area (Å²) in [7, 11) is 0. The van der Waals surface area contributed by atoms with Crippen LogP contribution in [0.4, 0.5) is 8.78 Å². The second-order valence-electron chi connectivity index (χ2n) is 4.52. The quantitative estimate of drug-likeness (QED) is 0.507. The molecule has 74 valence electrons. The minimum Gasteiger partial charge on any atom is -0.192 e. The average molecular weight is 186 g/mol. The van der Waals surface area contributed by atoms with E-state index in [1.165, 1.54) is 0 Å². The molecule has 0 N–H and O–H groups in total. The van der Waals surface area contributed by atoms with Gasteiger partial charge < -0.3 is 0 Å². The van der Waals surface area contributed by atoms with Crippen molar-refractivity contribution in [1.29, 1.82) is 0 Å². The summed E-state index contributed by atoms with van der Waals surface area (Å²) in [5, 5.41) is 0. The zero-order chi connectivity index (χ0) is 9.95. The molecule has 0 amide bonds. The largest absolute Gasteiger partial charge is 0.308 e. The summed E-state index contributed by atoms with van der Waals surface area (Å²) in [6, 6.07) is 0. The number of halogens is 2. The van der Waals surface area contributed by atoms with Crippen LogP contribution >= 0.6 is 0 Å². The van der Waals surface area contributed by atoms with Gasteiger partial charge in [0.1, 0.15) is 0 Å². The average Bonchev–Trinajstić information content (AvgIpc) is 2.04. The normalized spacial score (nSPS) is 26.2. The van der Waals surface area contributed by atoms with E-state index in [1.807, 2.05) is 0 Å². The van der Waals surface area contributed by atoms with Gasteiger partial charge in [0, 0.05) is 12.8 Å². The predicted molar refractivity (Wildman–Crippen MR) is 49.6 cm³/mol. The van der Waals surface area contributed by atoms with Gasteiger partial charge in [-0.05, 0) is 30.6 Å². The molecule has 0 radical (unpaired) electrons. The van der Waals surface area contributed by atoms with Gasteiger partial charge in [0.2, 0.25) is 0 Å². The summed E-state index contributed by atoms with van der Waals surface area (Å²) in [5.41, 5.74) is 0.0388. The van der Waals surface area contributed by atoms with Crippen molar-refractivity contribution in [2.75, 3.05) is 0 Å². The molecule has 0 saturated carbocycles. The van der Waals surface area contributed by atoms with E-state index in [2.05, 4.69) is 25.7 Å². The first-order chi connectivity index (χ1) is 5.91. The Labute approximate surface area is 78.7 Å². The van der Waals surface area contributed by atoms with Crippen molar-refractivity contribution in [1.82, 2.24) is 0 Å². The maximum Gasteiger partial charge on any atom is 0.308 e. The molecular formula is C11H16F2. The van der Waals surface area contributed by atoms with Gasteiger partial charge in [-0.15, -0.1) is 0 Å². The van der Waals surface area contributed by atoms with Crippen LogP contribution in [0.1, 0.15) is 46.0 Å². The van der Waals surface area contributed by atoms with Gasteiger partial charge in [0.05, 0.1) is 0 Å². The van der Waals surface area contributed by atoms with Gasteiger partial charge in [0.25, 0.3) is 0 Å². The first-order valence-corrected chi connectivity index (χ1v) is 4.79. The Hall–Kier alpha value is -0.580. The smallest absolute Gasteiger partial charge is 0.192 e. The molecule has 1 aliphatic carbocycles. The fraction of sp³-hybridized carbons (Fsp3) is 0.818. The maximum absolute atomic E-state index is 13.0. The molecule has 0 aromatic heterocycles. The lowest BCUT2D eigenvalue weighted by Crippen LogP contribution is -2.18. The first kappa shape index (κ1) is 10.5. The first-order valence-electron chi connectivity index (χ1n) is 4.79. The Kier molecular flexibility index (Phi) is 2.95. The van der Waals surface area contributed by atoms with Crippen LogP contribution in [-0.2, 0) is 0 Å². The highest BCUT2D eigenvalue weighted by molar-refractivity contribution is 5.10. The van der Waals surface area contributed by atoms with Crippen molar-refractivity contribution in [3.05, 3.63) is 0 Å². The van der Waals surface area contributed by atoms with E-state index in [-0.39, 0.29) is 11.8 Å². The summed E-state index contributed by atoms with van der Waals surface area (Å²) in [4.78, 5) is 0. The Morgan fingerprint density at radius 1 is 1.08 bits per heavy atom. The molecule has 0 fully saturated rings. The Morgan fingerprint density at radius 2 is 1.77 bits per heavy atom. The molecule has 0 aliphatic heterocycles. The topological polar surface area (TPSA) is 0 Å². The van der Waals surface area contributed by atoms with Crippen molar-refractivity contribution >= 4 is 0 Å². The van der Waals surface area contributed by atoms with Crippen molar-refractivity contribution in [3.63, 3.8) is 0 Å². The van der Waals surface area contributed by atoms with Gasteiger partial charge in [-0.25, -0.2) is 0 Å². The Morgan fingerprint density at radius 3 is 2.46 bits per heavy atom. The molecule has 0 heterocycles. The zero-order valence-corrected chi connectivity index (χ0v) is 8.29. The van der Waals surface area contributed by atoms with Crippen LogP contribution < -0.4 is 0 Å². The van der Waals surface area contributed by atoms with E-state index in [1.54, 1.807) is 0 Å². The van der Waals surface area contributed by atoms with Gasteiger partial charge >= 0.3 is 5.92 Å². The second kappa shape index (κ2) is 3.65. The molecule has 0 bridgehead atoms. The van der Waals surface area contributed by atoms with E-state index in [0.29, 0.717) is 12.8 Å². The number of alkyl halides is 2. The van der Waals surface area contributed by atoms with Crippen LogP contribution in [-0.4, -0.2) is 5.92 Å². The van der Waals surface area contributed by atoms with Crippen molar-refractivity contribution in [3.8, 4) is 11.8 Å². The van der Waals surface area contributed by atoms with E-state index >= 15 is 0 Å². The third kappa shape index (κ3) is 3.76. The number of rotatable bonds is 0. The van der Waals surface area contributed by atoms with Crippen LogP contribution in [0.25, 0.3) is 0 Å². The molecule has 0 atom stereocenters. The third-order valence-corrected chi connectivity index (χ3v) is 2.54. The molecule has 0 spiro atoms. The SMILES string of the molecule is CC1(C)CCCC#CC(F)(F)CC1. The standard InChI is InChI=1S/C11H16F2/c1-10(2)6-4-3-5-7-11(12,13)9-8-10/h3-4,6,8-9H2,1-2H3. The lowest BCUT2D eigenvalue weighted by atomic mass is 9.82. The van der Waals surface area contributed by atoms with E-state index in [0.717, 1.165) is 12.8 Å². The third-order valence-electron chi connectivity index (χ3n) is 2.54. The summed E-state index contributed by atoms with van der Waals surface area (Å²) in [6.45, 7) is 4.10. The highest BCUT2D eigenvalue weighted by Crippen LogP contribution is 2.34. The Balaban J connectivity index is 2.66. The monoisotopic (exact) mass is 186 g/mol. The molecule has 0 aromatic carbocycles.